The number of nitrogens with two attached hydrogens (primary N) is 1. The minimum absolute atomic E-state index is 0.0678. The normalized spacial score (nSPS) is 17.4. The van der Waals surface area contributed by atoms with Crippen molar-refractivity contribution in [2.45, 2.75) is 19.4 Å². The molecule has 1 aliphatic rings. The first-order chi connectivity index (χ1) is 9.11. The Hall–Kier alpha value is -1.26. The summed E-state index contributed by atoms with van der Waals surface area (Å²) in [5.74, 6) is 0.0678. The minimum atomic E-state index is -0.359. The van der Waals surface area contributed by atoms with Gasteiger partial charge in [0.2, 0.25) is 5.91 Å². The van der Waals surface area contributed by atoms with Gasteiger partial charge < -0.3 is 15.5 Å². The molecule has 19 heavy (non-hydrogen) atoms. The summed E-state index contributed by atoms with van der Waals surface area (Å²) in [5.41, 5.74) is 6.94. The number of nitrogens with zero attached hydrogens (tertiary/aromatic N) is 2. The Balaban J connectivity index is 1.92. The van der Waals surface area contributed by atoms with E-state index in [2.05, 4.69) is 4.90 Å². The Morgan fingerprint density at radius 1 is 1.26 bits per heavy atom. The lowest BCUT2D eigenvalue weighted by atomic mass is 10.2. The molecule has 1 aromatic carbocycles. The van der Waals surface area contributed by atoms with Crippen molar-refractivity contribution in [3.8, 4) is 0 Å². The number of carbonyl (C=O) groups excluding carboxylic acids is 1. The summed E-state index contributed by atoms with van der Waals surface area (Å²) in [7, 11) is 0. The SMILES string of the molecule is CC[C@H](N)C(=O)N1CCN(c2ccc(Cl)cc2)CC1. The Labute approximate surface area is 119 Å². The van der Waals surface area contributed by atoms with Gasteiger partial charge in [-0.3, -0.25) is 4.79 Å². The van der Waals surface area contributed by atoms with E-state index in [0.717, 1.165) is 36.9 Å². The highest BCUT2D eigenvalue weighted by Gasteiger charge is 2.24. The van der Waals surface area contributed by atoms with Crippen LogP contribution >= 0.6 is 11.6 Å². The van der Waals surface area contributed by atoms with Crippen molar-refractivity contribution < 1.29 is 4.79 Å². The van der Waals surface area contributed by atoms with Crippen molar-refractivity contribution in [2.24, 2.45) is 5.73 Å². The molecule has 0 unspecified atom stereocenters. The molecule has 0 radical (unpaired) electrons. The summed E-state index contributed by atoms with van der Waals surface area (Å²) in [4.78, 5) is 16.1. The zero-order valence-electron chi connectivity index (χ0n) is 11.2. The van der Waals surface area contributed by atoms with Gasteiger partial charge >= 0.3 is 0 Å². The van der Waals surface area contributed by atoms with Gasteiger partial charge in [0, 0.05) is 36.9 Å². The van der Waals surface area contributed by atoms with E-state index in [1.54, 1.807) is 0 Å². The molecule has 0 saturated carbocycles. The van der Waals surface area contributed by atoms with E-state index >= 15 is 0 Å². The van der Waals surface area contributed by atoms with Gasteiger partial charge in [0.1, 0.15) is 0 Å². The number of amides is 1. The van der Waals surface area contributed by atoms with Crippen LogP contribution in [0.5, 0.6) is 0 Å². The van der Waals surface area contributed by atoms with Crippen LogP contribution in [0.15, 0.2) is 24.3 Å². The standard InChI is InChI=1S/C14H20ClN3O/c1-2-13(16)14(19)18-9-7-17(8-10-18)12-5-3-11(15)4-6-12/h3-6,13H,2,7-10,16H2,1H3/t13-/m0/s1. The molecule has 1 atom stereocenters. The van der Waals surface area contributed by atoms with Crippen LogP contribution < -0.4 is 10.6 Å². The third-order valence-electron chi connectivity index (χ3n) is 3.54. The molecule has 1 fully saturated rings. The molecule has 0 aromatic heterocycles. The summed E-state index contributed by atoms with van der Waals surface area (Å²) in [5, 5.41) is 0.742. The number of carbonyl (C=O) groups is 1. The Bertz CT molecular complexity index is 427. The van der Waals surface area contributed by atoms with Gasteiger partial charge in [0.25, 0.3) is 0 Å². The van der Waals surface area contributed by atoms with Gasteiger partial charge in [-0.05, 0) is 30.7 Å². The quantitative estimate of drug-likeness (QED) is 0.918. The molecule has 1 saturated heterocycles. The second-order valence-corrected chi connectivity index (χ2v) is 5.24. The highest BCUT2D eigenvalue weighted by molar-refractivity contribution is 6.30. The van der Waals surface area contributed by atoms with Crippen LogP contribution in [0.1, 0.15) is 13.3 Å². The van der Waals surface area contributed by atoms with E-state index in [0.29, 0.717) is 6.42 Å². The van der Waals surface area contributed by atoms with Crippen LogP contribution in [0.3, 0.4) is 0 Å². The zero-order valence-corrected chi connectivity index (χ0v) is 11.9. The Morgan fingerprint density at radius 2 is 1.84 bits per heavy atom. The molecular formula is C14H20ClN3O. The maximum atomic E-state index is 12.0. The van der Waals surface area contributed by atoms with Crippen molar-refractivity contribution in [3.63, 3.8) is 0 Å². The Kier molecular flexibility index (Phi) is 4.66. The predicted molar refractivity (Wildman–Crippen MR) is 78.5 cm³/mol. The van der Waals surface area contributed by atoms with Crippen molar-refractivity contribution >= 4 is 23.2 Å². The lowest BCUT2D eigenvalue weighted by molar-refractivity contribution is -0.132. The largest absolute Gasteiger partial charge is 0.368 e. The van der Waals surface area contributed by atoms with Gasteiger partial charge in [0.05, 0.1) is 6.04 Å². The number of rotatable bonds is 3. The Morgan fingerprint density at radius 3 is 2.37 bits per heavy atom. The van der Waals surface area contributed by atoms with Gasteiger partial charge in [-0.1, -0.05) is 18.5 Å². The second kappa shape index (κ2) is 6.26. The molecule has 5 heteroatoms. The average molecular weight is 282 g/mol. The maximum absolute atomic E-state index is 12.0. The molecule has 2 rings (SSSR count). The van der Waals surface area contributed by atoms with Crippen LogP contribution in [-0.2, 0) is 4.79 Å². The van der Waals surface area contributed by atoms with Crippen molar-refractivity contribution in [3.05, 3.63) is 29.3 Å². The summed E-state index contributed by atoms with van der Waals surface area (Å²) in [6.07, 6.45) is 0.691. The third-order valence-corrected chi connectivity index (χ3v) is 3.79. The zero-order chi connectivity index (χ0) is 13.8. The van der Waals surface area contributed by atoms with E-state index in [4.69, 9.17) is 17.3 Å². The molecule has 4 nitrogen and oxygen atoms in total. The highest BCUT2D eigenvalue weighted by atomic mass is 35.5. The summed E-state index contributed by atoms with van der Waals surface area (Å²) in [6.45, 7) is 5.07. The van der Waals surface area contributed by atoms with Gasteiger partial charge in [-0.25, -0.2) is 0 Å². The van der Waals surface area contributed by atoms with Crippen molar-refractivity contribution in [1.29, 1.82) is 0 Å². The topological polar surface area (TPSA) is 49.6 Å². The van der Waals surface area contributed by atoms with E-state index in [1.807, 2.05) is 36.1 Å². The molecule has 0 spiro atoms. The fraction of sp³-hybridized carbons (Fsp3) is 0.500. The van der Waals surface area contributed by atoms with Crippen LogP contribution in [0.4, 0.5) is 5.69 Å². The summed E-state index contributed by atoms with van der Waals surface area (Å²) in [6, 6.07) is 7.44. The van der Waals surface area contributed by atoms with E-state index in [1.165, 1.54) is 0 Å². The van der Waals surface area contributed by atoms with Crippen molar-refractivity contribution in [2.75, 3.05) is 31.1 Å². The van der Waals surface area contributed by atoms with Gasteiger partial charge in [-0.15, -0.1) is 0 Å². The number of piperazine rings is 1. The number of halogens is 1. The molecule has 2 N–H and O–H groups in total. The summed E-state index contributed by atoms with van der Waals surface area (Å²) >= 11 is 5.88. The lowest BCUT2D eigenvalue weighted by Gasteiger charge is -2.37. The van der Waals surface area contributed by atoms with Gasteiger partial charge in [-0.2, -0.15) is 0 Å². The molecule has 1 aromatic rings. The molecule has 104 valence electrons. The first-order valence-electron chi connectivity index (χ1n) is 6.66. The average Bonchev–Trinajstić information content (AvgIpc) is 2.46. The predicted octanol–water partition coefficient (Wildman–Crippen LogP) is 1.73. The maximum Gasteiger partial charge on any atom is 0.239 e. The van der Waals surface area contributed by atoms with Crippen LogP contribution in [0.2, 0.25) is 5.02 Å². The molecule has 0 bridgehead atoms. The first-order valence-corrected chi connectivity index (χ1v) is 7.04. The number of benzene rings is 1. The second-order valence-electron chi connectivity index (χ2n) is 4.80. The van der Waals surface area contributed by atoms with Crippen molar-refractivity contribution in [1.82, 2.24) is 4.90 Å². The minimum Gasteiger partial charge on any atom is -0.368 e. The van der Waals surface area contributed by atoms with E-state index < -0.39 is 0 Å². The highest BCUT2D eigenvalue weighted by Crippen LogP contribution is 2.19. The fourth-order valence-electron chi connectivity index (χ4n) is 2.25. The molecule has 1 aliphatic heterocycles. The van der Waals surface area contributed by atoms with E-state index in [9.17, 15) is 4.79 Å². The monoisotopic (exact) mass is 281 g/mol. The molecule has 1 heterocycles. The smallest absolute Gasteiger partial charge is 0.239 e. The van der Waals surface area contributed by atoms with E-state index in [-0.39, 0.29) is 11.9 Å². The summed E-state index contributed by atoms with van der Waals surface area (Å²) < 4.78 is 0. The first kappa shape index (κ1) is 14.2. The van der Waals surface area contributed by atoms with Gasteiger partial charge in [0.15, 0.2) is 0 Å². The molecular weight excluding hydrogens is 262 g/mol. The van der Waals surface area contributed by atoms with Crippen LogP contribution in [0.25, 0.3) is 0 Å². The number of hydrogen-bond acceptors (Lipinski definition) is 3. The number of anilines is 1. The number of hydrogen-bond donors (Lipinski definition) is 1. The fourth-order valence-corrected chi connectivity index (χ4v) is 2.37. The van der Waals surface area contributed by atoms with Crippen LogP contribution in [0, 0.1) is 0 Å². The lowest BCUT2D eigenvalue weighted by Crippen LogP contribution is -2.53. The third kappa shape index (κ3) is 3.39. The molecule has 1 amide bonds. The van der Waals surface area contributed by atoms with Crippen LogP contribution in [-0.4, -0.2) is 43.0 Å². The molecule has 0 aliphatic carbocycles.